The van der Waals surface area contributed by atoms with Crippen molar-refractivity contribution in [2.75, 3.05) is 54.4 Å². The zero-order valence-electron chi connectivity index (χ0n) is 16.9. The van der Waals surface area contributed by atoms with Crippen LogP contribution in [-0.2, 0) is 4.79 Å². The molecule has 0 rings (SSSR count). The van der Waals surface area contributed by atoms with E-state index in [1.165, 1.54) is 32.1 Å². The summed E-state index contributed by atoms with van der Waals surface area (Å²) in [5.41, 5.74) is 0. The van der Waals surface area contributed by atoms with Gasteiger partial charge in [-0.3, -0.25) is 4.79 Å². The summed E-state index contributed by atoms with van der Waals surface area (Å²) < 4.78 is 0. The van der Waals surface area contributed by atoms with E-state index in [-0.39, 0.29) is 5.91 Å². The van der Waals surface area contributed by atoms with Gasteiger partial charge in [0.2, 0.25) is 5.91 Å². The maximum atomic E-state index is 12.4. The molecule has 0 aromatic rings. The number of amides is 1. The van der Waals surface area contributed by atoms with Crippen molar-refractivity contribution in [3.8, 4) is 0 Å². The van der Waals surface area contributed by atoms with Crippen LogP contribution in [-0.4, -0.2) is 75.0 Å². The Morgan fingerprint density at radius 3 is 1.79 bits per heavy atom. The van der Waals surface area contributed by atoms with Crippen LogP contribution in [0.4, 0.5) is 0 Å². The standard InChI is InChI=1S/C20H41N3O/c1-6-7-8-9-10-11-12-15-20(24)23(18-13-16-21(2)3)19-14-17-22(4)5/h12,15H,6-11,13-14,16-19H2,1-5H3. The minimum Gasteiger partial charge on any atom is -0.339 e. The van der Waals surface area contributed by atoms with E-state index < -0.39 is 0 Å². The molecule has 0 N–H and O–H groups in total. The lowest BCUT2D eigenvalue weighted by atomic mass is 10.1. The lowest BCUT2D eigenvalue weighted by Crippen LogP contribution is -2.34. The van der Waals surface area contributed by atoms with Crippen molar-refractivity contribution in [1.82, 2.24) is 14.7 Å². The normalized spacial score (nSPS) is 11.8. The van der Waals surface area contributed by atoms with Crippen LogP contribution in [0.2, 0.25) is 0 Å². The minimum atomic E-state index is 0.182. The molecule has 0 saturated heterocycles. The molecule has 0 aliphatic heterocycles. The molecule has 0 aliphatic rings. The van der Waals surface area contributed by atoms with Crippen molar-refractivity contribution >= 4 is 5.91 Å². The molecule has 0 fully saturated rings. The number of unbranched alkanes of at least 4 members (excludes halogenated alkanes) is 5. The van der Waals surface area contributed by atoms with Gasteiger partial charge >= 0.3 is 0 Å². The molecule has 0 aromatic heterocycles. The van der Waals surface area contributed by atoms with Crippen LogP contribution in [0.5, 0.6) is 0 Å². The van der Waals surface area contributed by atoms with E-state index in [2.05, 4.69) is 51.0 Å². The van der Waals surface area contributed by atoms with Gasteiger partial charge in [0.15, 0.2) is 0 Å². The van der Waals surface area contributed by atoms with Crippen molar-refractivity contribution in [2.24, 2.45) is 0 Å². The molecule has 1 amide bonds. The fraction of sp³-hybridized carbons (Fsp3) is 0.850. The van der Waals surface area contributed by atoms with Gasteiger partial charge in [-0.2, -0.15) is 0 Å². The predicted molar refractivity (Wildman–Crippen MR) is 105 cm³/mol. The van der Waals surface area contributed by atoms with Gasteiger partial charge in [-0.25, -0.2) is 0 Å². The van der Waals surface area contributed by atoms with E-state index in [4.69, 9.17) is 0 Å². The summed E-state index contributed by atoms with van der Waals surface area (Å²) in [4.78, 5) is 18.8. The first-order valence-electron chi connectivity index (χ1n) is 9.72. The monoisotopic (exact) mass is 339 g/mol. The average Bonchev–Trinajstić information content (AvgIpc) is 2.51. The third kappa shape index (κ3) is 14.7. The molecule has 0 spiro atoms. The Labute approximate surface area is 150 Å². The number of allylic oxidation sites excluding steroid dienone is 1. The second-order valence-electron chi connectivity index (χ2n) is 7.24. The topological polar surface area (TPSA) is 26.8 Å². The number of hydrogen-bond donors (Lipinski definition) is 0. The van der Waals surface area contributed by atoms with Crippen LogP contribution >= 0.6 is 0 Å². The number of hydrogen-bond acceptors (Lipinski definition) is 3. The summed E-state index contributed by atoms with van der Waals surface area (Å²) in [5, 5.41) is 0. The fourth-order valence-electron chi connectivity index (χ4n) is 2.64. The highest BCUT2D eigenvalue weighted by atomic mass is 16.2. The van der Waals surface area contributed by atoms with Crippen molar-refractivity contribution < 1.29 is 4.79 Å². The van der Waals surface area contributed by atoms with Crippen LogP contribution in [0, 0.1) is 0 Å². The number of carbonyl (C=O) groups excluding carboxylic acids is 1. The van der Waals surface area contributed by atoms with Crippen molar-refractivity contribution in [1.29, 1.82) is 0 Å². The van der Waals surface area contributed by atoms with E-state index in [1.54, 1.807) is 6.08 Å². The van der Waals surface area contributed by atoms with Gasteiger partial charge in [0.1, 0.15) is 0 Å². The summed E-state index contributed by atoms with van der Waals surface area (Å²) in [6.07, 6.45) is 13.4. The quantitative estimate of drug-likeness (QED) is 0.337. The smallest absolute Gasteiger partial charge is 0.246 e. The molecule has 0 atom stereocenters. The first-order chi connectivity index (χ1) is 11.5. The summed E-state index contributed by atoms with van der Waals surface area (Å²) in [6.45, 7) is 5.99. The number of nitrogens with zero attached hydrogens (tertiary/aromatic N) is 3. The highest BCUT2D eigenvalue weighted by Crippen LogP contribution is 2.06. The van der Waals surface area contributed by atoms with Gasteiger partial charge in [-0.15, -0.1) is 0 Å². The Hall–Kier alpha value is -0.870. The molecule has 0 radical (unpaired) electrons. The number of rotatable bonds is 15. The van der Waals surface area contributed by atoms with E-state index in [9.17, 15) is 4.79 Å². The summed E-state index contributed by atoms with van der Waals surface area (Å²) in [7, 11) is 8.32. The Morgan fingerprint density at radius 1 is 0.750 bits per heavy atom. The van der Waals surface area contributed by atoms with Crippen LogP contribution in [0.15, 0.2) is 12.2 Å². The SMILES string of the molecule is CCCCCCCC=CC(=O)N(CCCN(C)C)CCCN(C)C. The van der Waals surface area contributed by atoms with Crippen molar-refractivity contribution in [3.05, 3.63) is 12.2 Å². The van der Waals surface area contributed by atoms with Crippen LogP contribution in [0.25, 0.3) is 0 Å². The van der Waals surface area contributed by atoms with Gasteiger partial charge in [-0.1, -0.05) is 38.7 Å². The molecule has 0 heterocycles. The summed E-state index contributed by atoms with van der Waals surface area (Å²) in [5.74, 6) is 0.182. The molecule has 0 aromatic carbocycles. The largest absolute Gasteiger partial charge is 0.339 e. The minimum absolute atomic E-state index is 0.182. The first-order valence-corrected chi connectivity index (χ1v) is 9.72. The predicted octanol–water partition coefficient (Wildman–Crippen LogP) is 3.64. The molecule has 4 nitrogen and oxygen atoms in total. The third-order valence-corrected chi connectivity index (χ3v) is 4.11. The molecule has 0 saturated carbocycles. The van der Waals surface area contributed by atoms with Gasteiger partial charge in [0.05, 0.1) is 0 Å². The summed E-state index contributed by atoms with van der Waals surface area (Å²) in [6, 6.07) is 0. The van der Waals surface area contributed by atoms with Gasteiger partial charge in [-0.05, 0) is 73.0 Å². The maximum absolute atomic E-state index is 12.4. The van der Waals surface area contributed by atoms with Crippen LogP contribution in [0.3, 0.4) is 0 Å². The zero-order valence-corrected chi connectivity index (χ0v) is 16.9. The highest BCUT2D eigenvalue weighted by molar-refractivity contribution is 5.87. The van der Waals surface area contributed by atoms with Crippen LogP contribution in [0.1, 0.15) is 58.3 Å². The fourth-order valence-corrected chi connectivity index (χ4v) is 2.64. The van der Waals surface area contributed by atoms with E-state index in [0.717, 1.165) is 45.4 Å². The van der Waals surface area contributed by atoms with Gasteiger partial charge in [0.25, 0.3) is 0 Å². The Kier molecular flexibility index (Phi) is 15.1. The molecular weight excluding hydrogens is 298 g/mol. The molecule has 24 heavy (non-hydrogen) atoms. The number of carbonyl (C=O) groups is 1. The maximum Gasteiger partial charge on any atom is 0.246 e. The van der Waals surface area contributed by atoms with E-state index in [1.807, 2.05) is 4.90 Å². The van der Waals surface area contributed by atoms with Crippen LogP contribution < -0.4 is 0 Å². The van der Waals surface area contributed by atoms with E-state index >= 15 is 0 Å². The Balaban J connectivity index is 4.17. The second kappa shape index (κ2) is 15.6. The van der Waals surface area contributed by atoms with E-state index in [0.29, 0.717) is 0 Å². The Morgan fingerprint density at radius 2 is 1.29 bits per heavy atom. The highest BCUT2D eigenvalue weighted by Gasteiger charge is 2.10. The van der Waals surface area contributed by atoms with Crippen molar-refractivity contribution in [2.45, 2.75) is 58.3 Å². The zero-order chi connectivity index (χ0) is 18.2. The molecule has 4 heteroatoms. The first kappa shape index (κ1) is 23.1. The molecule has 0 unspecified atom stereocenters. The second-order valence-corrected chi connectivity index (χ2v) is 7.24. The van der Waals surface area contributed by atoms with Gasteiger partial charge < -0.3 is 14.7 Å². The average molecular weight is 340 g/mol. The van der Waals surface area contributed by atoms with Gasteiger partial charge in [0, 0.05) is 13.1 Å². The Bertz CT molecular complexity index is 313. The third-order valence-electron chi connectivity index (χ3n) is 4.11. The molecule has 142 valence electrons. The molecule has 0 bridgehead atoms. The lowest BCUT2D eigenvalue weighted by Gasteiger charge is -2.23. The summed E-state index contributed by atoms with van der Waals surface area (Å²) >= 11 is 0. The lowest BCUT2D eigenvalue weighted by molar-refractivity contribution is -0.126. The van der Waals surface area contributed by atoms with Crippen molar-refractivity contribution in [3.63, 3.8) is 0 Å². The molecular formula is C20H41N3O. The molecule has 0 aliphatic carbocycles.